The van der Waals surface area contributed by atoms with Crippen LogP contribution in [0.2, 0.25) is 0 Å². The molecule has 2 aromatic rings. The lowest BCUT2D eigenvalue weighted by atomic mass is 10.1. The Bertz CT molecular complexity index is 680. The minimum Gasteiger partial charge on any atom is -0.494 e. The maximum atomic E-state index is 12.2. The number of carboxylic acid groups (broad SMARTS) is 1. The molecule has 2 rings (SSSR count). The van der Waals surface area contributed by atoms with Gasteiger partial charge in [-0.25, -0.2) is 4.79 Å². The van der Waals surface area contributed by atoms with Crippen LogP contribution in [-0.4, -0.2) is 23.6 Å². The van der Waals surface area contributed by atoms with Crippen LogP contribution in [0.3, 0.4) is 0 Å². The van der Waals surface area contributed by atoms with E-state index in [1.807, 2.05) is 0 Å². The molecule has 120 valence electrons. The highest BCUT2D eigenvalue weighted by molar-refractivity contribution is 6.04. The molecule has 2 N–H and O–H groups in total. The molecule has 0 radical (unpaired) electrons. The lowest BCUT2D eigenvalue weighted by Crippen LogP contribution is -2.12. The highest BCUT2D eigenvalue weighted by Crippen LogP contribution is 2.15. The summed E-state index contributed by atoms with van der Waals surface area (Å²) in [7, 11) is 0. The Morgan fingerprint density at radius 2 is 1.83 bits per heavy atom. The van der Waals surface area contributed by atoms with E-state index in [2.05, 4.69) is 12.2 Å². The third-order valence-corrected chi connectivity index (χ3v) is 3.25. The Balaban J connectivity index is 2.00. The van der Waals surface area contributed by atoms with Crippen molar-refractivity contribution in [3.05, 3.63) is 59.7 Å². The summed E-state index contributed by atoms with van der Waals surface area (Å²) in [4.78, 5) is 23.1. The first-order valence-electron chi connectivity index (χ1n) is 7.47. The van der Waals surface area contributed by atoms with Crippen molar-refractivity contribution < 1.29 is 19.4 Å². The molecule has 2 aromatic carbocycles. The third kappa shape index (κ3) is 4.85. The zero-order chi connectivity index (χ0) is 16.7. The SMILES string of the molecule is CCCCOc1ccc(C(=O)Nc2cccc(C(=O)O)c2)cc1. The van der Waals surface area contributed by atoms with Crippen LogP contribution in [0.1, 0.15) is 40.5 Å². The first-order valence-corrected chi connectivity index (χ1v) is 7.47. The summed E-state index contributed by atoms with van der Waals surface area (Å²) in [6, 6.07) is 13.0. The number of hydrogen-bond donors (Lipinski definition) is 2. The van der Waals surface area contributed by atoms with Crippen LogP contribution in [-0.2, 0) is 0 Å². The number of carbonyl (C=O) groups excluding carboxylic acids is 1. The fourth-order valence-electron chi connectivity index (χ4n) is 1.97. The van der Waals surface area contributed by atoms with Gasteiger partial charge in [0.05, 0.1) is 12.2 Å². The number of benzene rings is 2. The Kier molecular flexibility index (Phi) is 5.74. The Hall–Kier alpha value is -2.82. The van der Waals surface area contributed by atoms with Gasteiger partial charge < -0.3 is 15.2 Å². The fourth-order valence-corrected chi connectivity index (χ4v) is 1.97. The summed E-state index contributed by atoms with van der Waals surface area (Å²) in [5.41, 5.74) is 1.05. The summed E-state index contributed by atoms with van der Waals surface area (Å²) in [6.07, 6.45) is 2.05. The number of aromatic carboxylic acids is 1. The van der Waals surface area contributed by atoms with Crippen LogP contribution < -0.4 is 10.1 Å². The normalized spacial score (nSPS) is 10.1. The number of unbranched alkanes of at least 4 members (excludes halogenated alkanes) is 1. The van der Waals surface area contributed by atoms with Crippen LogP contribution in [0, 0.1) is 0 Å². The van der Waals surface area contributed by atoms with Gasteiger partial charge in [0.1, 0.15) is 5.75 Å². The highest BCUT2D eigenvalue weighted by Gasteiger charge is 2.08. The number of amides is 1. The van der Waals surface area contributed by atoms with E-state index >= 15 is 0 Å². The van der Waals surface area contributed by atoms with E-state index in [4.69, 9.17) is 9.84 Å². The molecule has 0 spiro atoms. The van der Waals surface area contributed by atoms with E-state index in [9.17, 15) is 9.59 Å². The van der Waals surface area contributed by atoms with Crippen LogP contribution in [0.25, 0.3) is 0 Å². The van der Waals surface area contributed by atoms with E-state index in [0.29, 0.717) is 17.9 Å². The maximum Gasteiger partial charge on any atom is 0.335 e. The second kappa shape index (κ2) is 7.98. The summed E-state index contributed by atoms with van der Waals surface area (Å²) >= 11 is 0. The van der Waals surface area contributed by atoms with Crippen molar-refractivity contribution in [3.63, 3.8) is 0 Å². The summed E-state index contributed by atoms with van der Waals surface area (Å²) in [5.74, 6) is -0.606. The van der Waals surface area contributed by atoms with Gasteiger partial charge >= 0.3 is 5.97 Å². The molecule has 0 aromatic heterocycles. The molecule has 0 saturated heterocycles. The molecule has 0 fully saturated rings. The molecule has 5 heteroatoms. The first kappa shape index (κ1) is 16.5. The molecule has 0 atom stereocenters. The second-order valence-corrected chi connectivity index (χ2v) is 5.07. The number of carboxylic acids is 1. The van der Waals surface area contributed by atoms with E-state index in [1.165, 1.54) is 12.1 Å². The molecule has 0 unspecified atom stereocenters. The first-order chi connectivity index (χ1) is 11.1. The number of ether oxygens (including phenoxy) is 1. The fraction of sp³-hybridized carbons (Fsp3) is 0.222. The maximum absolute atomic E-state index is 12.2. The Labute approximate surface area is 134 Å². The highest BCUT2D eigenvalue weighted by atomic mass is 16.5. The van der Waals surface area contributed by atoms with E-state index in [0.717, 1.165) is 18.6 Å². The minimum absolute atomic E-state index is 0.127. The van der Waals surface area contributed by atoms with Gasteiger partial charge in [-0.15, -0.1) is 0 Å². The van der Waals surface area contributed by atoms with Gasteiger partial charge in [0.15, 0.2) is 0 Å². The van der Waals surface area contributed by atoms with E-state index < -0.39 is 5.97 Å². The molecule has 0 bridgehead atoms. The average molecular weight is 313 g/mol. The average Bonchev–Trinajstić information content (AvgIpc) is 2.56. The molecule has 0 aliphatic heterocycles. The van der Waals surface area contributed by atoms with Crippen LogP contribution in [0.5, 0.6) is 5.75 Å². The van der Waals surface area contributed by atoms with Crippen LogP contribution >= 0.6 is 0 Å². The van der Waals surface area contributed by atoms with Crippen molar-refractivity contribution in [1.82, 2.24) is 0 Å². The monoisotopic (exact) mass is 313 g/mol. The van der Waals surface area contributed by atoms with Gasteiger partial charge in [-0.1, -0.05) is 19.4 Å². The predicted molar refractivity (Wildman–Crippen MR) is 88.2 cm³/mol. The summed E-state index contributed by atoms with van der Waals surface area (Å²) < 4.78 is 5.54. The molecule has 5 nitrogen and oxygen atoms in total. The van der Waals surface area contributed by atoms with Crippen molar-refractivity contribution in [1.29, 1.82) is 0 Å². The molecule has 1 amide bonds. The third-order valence-electron chi connectivity index (χ3n) is 3.25. The van der Waals surface area contributed by atoms with Gasteiger partial charge in [0.25, 0.3) is 5.91 Å². The number of hydrogen-bond acceptors (Lipinski definition) is 3. The Morgan fingerprint density at radius 1 is 1.09 bits per heavy atom. The molecule has 0 aliphatic carbocycles. The Morgan fingerprint density at radius 3 is 2.48 bits per heavy atom. The summed E-state index contributed by atoms with van der Waals surface area (Å²) in [6.45, 7) is 2.75. The van der Waals surface area contributed by atoms with Crippen molar-refractivity contribution in [2.24, 2.45) is 0 Å². The molecular weight excluding hydrogens is 294 g/mol. The number of nitrogens with one attached hydrogen (secondary N) is 1. The van der Waals surface area contributed by atoms with E-state index in [1.54, 1.807) is 36.4 Å². The lowest BCUT2D eigenvalue weighted by molar-refractivity contribution is 0.0696. The molecular formula is C18H19NO4. The van der Waals surface area contributed by atoms with Crippen molar-refractivity contribution >= 4 is 17.6 Å². The standard InChI is InChI=1S/C18H19NO4/c1-2-3-11-23-16-9-7-13(8-10-16)17(20)19-15-6-4-5-14(12-15)18(21)22/h4-10,12H,2-3,11H2,1H3,(H,19,20)(H,21,22). The number of carbonyl (C=O) groups is 2. The van der Waals surface area contributed by atoms with Gasteiger partial charge in [-0.05, 0) is 48.9 Å². The van der Waals surface area contributed by atoms with Gasteiger partial charge in [-0.2, -0.15) is 0 Å². The van der Waals surface area contributed by atoms with Gasteiger partial charge in [-0.3, -0.25) is 4.79 Å². The van der Waals surface area contributed by atoms with Crippen LogP contribution in [0.4, 0.5) is 5.69 Å². The molecule has 0 saturated carbocycles. The number of anilines is 1. The topological polar surface area (TPSA) is 75.6 Å². The molecule has 23 heavy (non-hydrogen) atoms. The zero-order valence-electron chi connectivity index (χ0n) is 12.9. The smallest absolute Gasteiger partial charge is 0.335 e. The van der Waals surface area contributed by atoms with Gasteiger partial charge in [0, 0.05) is 11.3 Å². The van der Waals surface area contributed by atoms with Crippen molar-refractivity contribution in [3.8, 4) is 5.75 Å². The lowest BCUT2D eigenvalue weighted by Gasteiger charge is -2.08. The largest absolute Gasteiger partial charge is 0.494 e. The van der Waals surface area contributed by atoms with Crippen molar-refractivity contribution in [2.75, 3.05) is 11.9 Å². The molecule has 0 heterocycles. The van der Waals surface area contributed by atoms with Crippen molar-refractivity contribution in [2.45, 2.75) is 19.8 Å². The minimum atomic E-state index is -1.03. The second-order valence-electron chi connectivity index (χ2n) is 5.07. The number of rotatable bonds is 7. The van der Waals surface area contributed by atoms with Gasteiger partial charge in [0.2, 0.25) is 0 Å². The molecule has 0 aliphatic rings. The quantitative estimate of drug-likeness (QED) is 0.762. The summed E-state index contributed by atoms with van der Waals surface area (Å²) in [5, 5.41) is 11.6. The van der Waals surface area contributed by atoms with E-state index in [-0.39, 0.29) is 11.5 Å². The predicted octanol–water partition coefficient (Wildman–Crippen LogP) is 3.82. The van der Waals surface area contributed by atoms with Crippen LogP contribution in [0.15, 0.2) is 48.5 Å². The zero-order valence-corrected chi connectivity index (χ0v) is 12.9.